The Bertz CT molecular complexity index is 1330. The molecule has 1 amide bonds. The van der Waals surface area contributed by atoms with Gasteiger partial charge in [-0.2, -0.15) is 0 Å². The first-order valence-electron chi connectivity index (χ1n) is 11.0. The summed E-state index contributed by atoms with van der Waals surface area (Å²) in [5.41, 5.74) is 6.08. The van der Waals surface area contributed by atoms with Gasteiger partial charge < -0.3 is 9.88 Å². The maximum atomic E-state index is 14.0. The van der Waals surface area contributed by atoms with E-state index in [2.05, 4.69) is 36.2 Å². The number of carbonyl (C=O) groups is 1. The van der Waals surface area contributed by atoms with Crippen molar-refractivity contribution in [1.29, 1.82) is 0 Å². The van der Waals surface area contributed by atoms with Crippen molar-refractivity contribution >= 4 is 28.5 Å². The second-order valence-electron chi connectivity index (χ2n) is 8.90. The van der Waals surface area contributed by atoms with E-state index in [9.17, 15) is 4.79 Å². The van der Waals surface area contributed by atoms with Crippen molar-refractivity contribution in [3.63, 3.8) is 0 Å². The smallest absolute Gasteiger partial charge is 0.255 e. The molecule has 0 radical (unpaired) electrons. The number of rotatable bonds is 3. The van der Waals surface area contributed by atoms with Gasteiger partial charge in [-0.05, 0) is 68.5 Å². The number of aromatic amines is 1. The Kier molecular flexibility index (Phi) is 5.06. The number of hydrogen-bond acceptors (Lipinski definition) is 2. The maximum Gasteiger partial charge on any atom is 0.255 e. The predicted octanol–water partition coefficient (Wildman–Crippen LogP) is 6.65. The fraction of sp³-hybridized carbons (Fsp3) is 0.259. The van der Waals surface area contributed by atoms with Crippen molar-refractivity contribution < 1.29 is 4.79 Å². The Balaban J connectivity index is 1.59. The molecule has 0 aliphatic carbocycles. The van der Waals surface area contributed by atoms with Crippen LogP contribution in [-0.2, 0) is 5.54 Å². The molecule has 1 aliphatic heterocycles. The Morgan fingerprint density at radius 2 is 1.88 bits per heavy atom. The molecule has 1 saturated heterocycles. The van der Waals surface area contributed by atoms with E-state index in [-0.39, 0.29) is 5.91 Å². The van der Waals surface area contributed by atoms with Gasteiger partial charge in [-0.25, -0.2) is 4.98 Å². The molecular formula is C27H26ClN3O. The molecular weight excluding hydrogens is 418 g/mol. The lowest BCUT2D eigenvalue weighted by Crippen LogP contribution is -2.43. The number of aryl methyl sites for hydroxylation is 2. The van der Waals surface area contributed by atoms with E-state index in [1.54, 1.807) is 0 Å². The monoisotopic (exact) mass is 443 g/mol. The number of nitrogens with one attached hydrogen (secondary N) is 1. The summed E-state index contributed by atoms with van der Waals surface area (Å²) < 4.78 is 0. The minimum atomic E-state index is -0.507. The molecule has 5 heteroatoms. The molecule has 0 saturated carbocycles. The number of likely N-dealkylation sites (tertiary alicyclic amines) is 1. The first kappa shape index (κ1) is 20.8. The Hall–Kier alpha value is -3.11. The van der Waals surface area contributed by atoms with Crippen LogP contribution in [0.25, 0.3) is 22.2 Å². The quantitative estimate of drug-likeness (QED) is 0.385. The fourth-order valence-electron chi connectivity index (χ4n) is 4.83. The van der Waals surface area contributed by atoms with Crippen LogP contribution in [-0.4, -0.2) is 27.3 Å². The van der Waals surface area contributed by atoms with Crippen molar-refractivity contribution in [2.75, 3.05) is 6.54 Å². The summed E-state index contributed by atoms with van der Waals surface area (Å²) in [7, 11) is 0. The highest BCUT2D eigenvalue weighted by Crippen LogP contribution is 2.40. The normalized spacial score (nSPS) is 18.4. The van der Waals surface area contributed by atoms with Crippen LogP contribution in [0, 0.1) is 13.8 Å². The number of imidazole rings is 1. The molecule has 0 spiro atoms. The number of fused-ring (bicyclic) bond motifs is 1. The number of hydrogen-bond donors (Lipinski definition) is 1. The molecule has 4 nitrogen and oxygen atoms in total. The summed E-state index contributed by atoms with van der Waals surface area (Å²) in [6.45, 7) is 6.83. The van der Waals surface area contributed by atoms with Crippen LogP contribution in [0.4, 0.5) is 0 Å². The second-order valence-corrected chi connectivity index (χ2v) is 9.31. The molecule has 1 fully saturated rings. The largest absolute Gasteiger partial charge is 0.340 e. The van der Waals surface area contributed by atoms with Crippen LogP contribution < -0.4 is 0 Å². The van der Waals surface area contributed by atoms with Crippen LogP contribution in [0.5, 0.6) is 0 Å². The van der Waals surface area contributed by atoms with Crippen molar-refractivity contribution in [2.24, 2.45) is 0 Å². The molecule has 4 aromatic rings. The summed E-state index contributed by atoms with van der Waals surface area (Å²) in [4.78, 5) is 24.4. The van der Waals surface area contributed by atoms with Crippen LogP contribution >= 0.6 is 11.6 Å². The molecule has 0 bridgehead atoms. The summed E-state index contributed by atoms with van der Waals surface area (Å²) >= 11 is 6.32. The number of H-pyrrole nitrogens is 1. The van der Waals surface area contributed by atoms with E-state index >= 15 is 0 Å². The summed E-state index contributed by atoms with van der Waals surface area (Å²) in [6.07, 6.45) is 1.79. The standard InChI is InChI=1S/C27H26ClN3O/c1-17-10-11-20(19-8-5-4-6-9-19)21(16-17)25(32)31-15-7-14-27(31,3)26-29-23-13-12-22(28)18(2)24(23)30-26/h4-6,8-13,16H,7,14-15H2,1-3H3,(H,29,30)/t27-/m0/s1. The fourth-order valence-corrected chi connectivity index (χ4v) is 4.98. The number of carbonyl (C=O) groups excluding carboxylic acids is 1. The minimum absolute atomic E-state index is 0.0442. The molecule has 2 heterocycles. The third-order valence-electron chi connectivity index (χ3n) is 6.73. The van der Waals surface area contributed by atoms with Crippen LogP contribution in [0.2, 0.25) is 5.02 Å². The van der Waals surface area contributed by atoms with E-state index in [0.717, 1.165) is 57.5 Å². The van der Waals surface area contributed by atoms with Gasteiger partial charge in [-0.15, -0.1) is 0 Å². The molecule has 3 aromatic carbocycles. The zero-order valence-electron chi connectivity index (χ0n) is 18.6. The summed E-state index contributed by atoms with van der Waals surface area (Å²) in [6, 6.07) is 20.1. The van der Waals surface area contributed by atoms with Gasteiger partial charge in [0, 0.05) is 17.1 Å². The van der Waals surface area contributed by atoms with Crippen LogP contribution in [0.15, 0.2) is 60.7 Å². The van der Waals surface area contributed by atoms with Crippen molar-refractivity contribution in [3.8, 4) is 11.1 Å². The SMILES string of the molecule is Cc1ccc(-c2ccccc2)c(C(=O)N2CCC[C@@]2(C)c2nc3c(C)c(Cl)ccc3[nH]2)c1. The predicted molar refractivity (Wildman–Crippen MR) is 130 cm³/mol. The van der Waals surface area contributed by atoms with E-state index in [0.29, 0.717) is 11.6 Å². The minimum Gasteiger partial charge on any atom is -0.340 e. The average Bonchev–Trinajstić information content (AvgIpc) is 3.42. The van der Waals surface area contributed by atoms with Gasteiger partial charge in [0.15, 0.2) is 0 Å². The summed E-state index contributed by atoms with van der Waals surface area (Å²) in [5, 5.41) is 0.701. The number of nitrogens with zero attached hydrogens (tertiary/aromatic N) is 2. The van der Waals surface area contributed by atoms with Gasteiger partial charge >= 0.3 is 0 Å². The van der Waals surface area contributed by atoms with Crippen molar-refractivity contribution in [1.82, 2.24) is 14.9 Å². The van der Waals surface area contributed by atoms with Gasteiger partial charge in [0.25, 0.3) is 5.91 Å². The van der Waals surface area contributed by atoms with Gasteiger partial charge in [0.1, 0.15) is 5.82 Å². The highest BCUT2D eigenvalue weighted by atomic mass is 35.5. The Labute approximate surface area is 193 Å². The molecule has 162 valence electrons. The number of halogens is 1. The lowest BCUT2D eigenvalue weighted by molar-refractivity contribution is 0.0606. The van der Waals surface area contributed by atoms with E-state index in [1.165, 1.54) is 0 Å². The number of aromatic nitrogens is 2. The van der Waals surface area contributed by atoms with E-state index in [1.807, 2.05) is 55.1 Å². The molecule has 1 N–H and O–H groups in total. The summed E-state index contributed by atoms with van der Waals surface area (Å²) in [5.74, 6) is 0.861. The average molecular weight is 444 g/mol. The highest BCUT2D eigenvalue weighted by molar-refractivity contribution is 6.32. The Morgan fingerprint density at radius 3 is 2.66 bits per heavy atom. The first-order valence-corrected chi connectivity index (χ1v) is 11.4. The maximum absolute atomic E-state index is 14.0. The van der Waals surface area contributed by atoms with Gasteiger partial charge in [0.2, 0.25) is 0 Å². The van der Waals surface area contributed by atoms with Crippen molar-refractivity contribution in [2.45, 2.75) is 39.2 Å². The molecule has 5 rings (SSSR count). The zero-order chi connectivity index (χ0) is 22.5. The highest BCUT2D eigenvalue weighted by Gasteiger charge is 2.44. The molecule has 1 atom stereocenters. The molecule has 1 aliphatic rings. The number of amides is 1. The lowest BCUT2D eigenvalue weighted by Gasteiger charge is -2.34. The third kappa shape index (κ3) is 3.30. The molecule has 0 unspecified atom stereocenters. The molecule has 32 heavy (non-hydrogen) atoms. The topological polar surface area (TPSA) is 49.0 Å². The Morgan fingerprint density at radius 1 is 1.09 bits per heavy atom. The van der Waals surface area contributed by atoms with Gasteiger partial charge in [-0.1, -0.05) is 59.6 Å². The van der Waals surface area contributed by atoms with Crippen LogP contribution in [0.3, 0.4) is 0 Å². The number of benzene rings is 3. The lowest BCUT2D eigenvalue weighted by atomic mass is 9.94. The first-order chi connectivity index (χ1) is 15.4. The van der Waals surface area contributed by atoms with Crippen LogP contribution in [0.1, 0.15) is 47.1 Å². The van der Waals surface area contributed by atoms with Gasteiger partial charge in [-0.3, -0.25) is 4.79 Å². The molecule has 1 aromatic heterocycles. The third-order valence-corrected chi connectivity index (χ3v) is 7.14. The van der Waals surface area contributed by atoms with E-state index < -0.39 is 5.54 Å². The zero-order valence-corrected chi connectivity index (χ0v) is 19.3. The van der Waals surface area contributed by atoms with Gasteiger partial charge in [0.05, 0.1) is 16.6 Å². The van der Waals surface area contributed by atoms with E-state index in [4.69, 9.17) is 16.6 Å². The second kappa shape index (κ2) is 7.79. The van der Waals surface area contributed by atoms with Crippen molar-refractivity contribution in [3.05, 3.63) is 88.2 Å².